The average molecular weight is 180 g/mol. The van der Waals surface area contributed by atoms with Crippen molar-refractivity contribution in [2.24, 2.45) is 5.73 Å². The van der Waals surface area contributed by atoms with Crippen LogP contribution in [-0.2, 0) is 0 Å². The molecule has 0 heterocycles. The van der Waals surface area contributed by atoms with Gasteiger partial charge in [0.1, 0.15) is 5.75 Å². The molecule has 0 spiro atoms. The number of nitrogen functional groups attached to an aromatic ring is 1. The zero-order valence-corrected chi connectivity index (χ0v) is 8.04. The van der Waals surface area contributed by atoms with Crippen LogP contribution in [0.4, 0.5) is 5.69 Å². The Morgan fingerprint density at radius 2 is 2.08 bits per heavy atom. The SMILES string of the molecule is CC[C@@H](N)c1cc(C)c(N)c(O)c1. The highest BCUT2D eigenvalue weighted by molar-refractivity contribution is 5.59. The number of hydrogen-bond donors (Lipinski definition) is 3. The molecule has 5 N–H and O–H groups in total. The molecule has 0 saturated carbocycles. The molecule has 3 heteroatoms. The van der Waals surface area contributed by atoms with Gasteiger partial charge in [0, 0.05) is 6.04 Å². The molecule has 0 fully saturated rings. The molecule has 0 radical (unpaired) electrons. The van der Waals surface area contributed by atoms with Gasteiger partial charge in [-0.3, -0.25) is 0 Å². The third kappa shape index (κ3) is 1.92. The number of phenolic OH excluding ortho intramolecular Hbond substituents is 1. The maximum absolute atomic E-state index is 9.44. The number of rotatable bonds is 2. The van der Waals surface area contributed by atoms with Gasteiger partial charge in [0.15, 0.2) is 0 Å². The molecule has 0 aliphatic carbocycles. The highest BCUT2D eigenvalue weighted by atomic mass is 16.3. The van der Waals surface area contributed by atoms with Crippen molar-refractivity contribution in [1.82, 2.24) is 0 Å². The third-order valence-corrected chi connectivity index (χ3v) is 2.26. The Hall–Kier alpha value is -1.22. The minimum Gasteiger partial charge on any atom is -0.506 e. The van der Waals surface area contributed by atoms with Crippen LogP contribution in [0.1, 0.15) is 30.5 Å². The average Bonchev–Trinajstić information content (AvgIpc) is 2.12. The lowest BCUT2D eigenvalue weighted by atomic mass is 10.0. The number of anilines is 1. The van der Waals surface area contributed by atoms with Crippen molar-refractivity contribution in [2.45, 2.75) is 26.3 Å². The smallest absolute Gasteiger partial charge is 0.139 e. The molecule has 1 aromatic rings. The summed E-state index contributed by atoms with van der Waals surface area (Å²) in [6.45, 7) is 3.87. The van der Waals surface area contributed by atoms with Gasteiger partial charge in [-0.2, -0.15) is 0 Å². The molecule has 3 nitrogen and oxygen atoms in total. The van der Waals surface area contributed by atoms with E-state index >= 15 is 0 Å². The summed E-state index contributed by atoms with van der Waals surface area (Å²) in [4.78, 5) is 0. The topological polar surface area (TPSA) is 72.3 Å². The minimum atomic E-state index is -0.0230. The van der Waals surface area contributed by atoms with Crippen LogP contribution < -0.4 is 11.5 Å². The monoisotopic (exact) mass is 180 g/mol. The molecular weight excluding hydrogens is 164 g/mol. The summed E-state index contributed by atoms with van der Waals surface area (Å²) in [7, 11) is 0. The van der Waals surface area contributed by atoms with Crippen molar-refractivity contribution >= 4 is 5.69 Å². The van der Waals surface area contributed by atoms with Crippen molar-refractivity contribution in [2.75, 3.05) is 5.73 Å². The Morgan fingerprint density at radius 3 is 2.54 bits per heavy atom. The summed E-state index contributed by atoms with van der Waals surface area (Å²) >= 11 is 0. The molecular formula is C10H16N2O. The molecule has 0 bridgehead atoms. The second-order valence-electron chi connectivity index (χ2n) is 3.29. The molecule has 0 aliphatic heterocycles. The van der Waals surface area contributed by atoms with Crippen LogP contribution >= 0.6 is 0 Å². The van der Waals surface area contributed by atoms with Crippen LogP contribution in [0, 0.1) is 6.92 Å². The van der Waals surface area contributed by atoms with Crippen molar-refractivity contribution in [1.29, 1.82) is 0 Å². The molecule has 0 amide bonds. The molecule has 72 valence electrons. The van der Waals surface area contributed by atoms with Crippen molar-refractivity contribution < 1.29 is 5.11 Å². The van der Waals surface area contributed by atoms with E-state index in [1.807, 2.05) is 19.9 Å². The summed E-state index contributed by atoms with van der Waals surface area (Å²) < 4.78 is 0. The fourth-order valence-corrected chi connectivity index (χ4v) is 1.26. The van der Waals surface area contributed by atoms with E-state index in [-0.39, 0.29) is 11.8 Å². The summed E-state index contributed by atoms with van der Waals surface area (Å²) in [6, 6.07) is 3.53. The van der Waals surface area contributed by atoms with E-state index in [9.17, 15) is 5.11 Å². The molecule has 0 saturated heterocycles. The normalized spacial score (nSPS) is 12.8. The van der Waals surface area contributed by atoms with Crippen LogP contribution in [0.5, 0.6) is 5.75 Å². The Balaban J connectivity index is 3.13. The Bertz CT molecular complexity index is 287. The molecule has 13 heavy (non-hydrogen) atoms. The lowest BCUT2D eigenvalue weighted by Gasteiger charge is -2.12. The second kappa shape index (κ2) is 3.66. The highest BCUT2D eigenvalue weighted by Gasteiger charge is 2.08. The van der Waals surface area contributed by atoms with Crippen molar-refractivity contribution in [3.63, 3.8) is 0 Å². The number of benzene rings is 1. The lowest BCUT2D eigenvalue weighted by Crippen LogP contribution is -2.09. The zero-order chi connectivity index (χ0) is 10.0. The van der Waals surface area contributed by atoms with E-state index in [0.717, 1.165) is 17.5 Å². The first-order valence-corrected chi connectivity index (χ1v) is 4.40. The van der Waals surface area contributed by atoms with E-state index in [2.05, 4.69) is 0 Å². The molecule has 1 rings (SSSR count). The van der Waals surface area contributed by atoms with Crippen molar-refractivity contribution in [3.05, 3.63) is 23.3 Å². The summed E-state index contributed by atoms with van der Waals surface area (Å²) in [5.41, 5.74) is 13.7. The van der Waals surface area contributed by atoms with Gasteiger partial charge in [-0.15, -0.1) is 0 Å². The molecule has 1 aromatic carbocycles. The van der Waals surface area contributed by atoms with E-state index in [4.69, 9.17) is 11.5 Å². The number of phenols is 1. The fraction of sp³-hybridized carbons (Fsp3) is 0.400. The number of hydrogen-bond acceptors (Lipinski definition) is 3. The van der Waals surface area contributed by atoms with Crippen LogP contribution in [0.15, 0.2) is 12.1 Å². The van der Waals surface area contributed by atoms with Crippen molar-refractivity contribution in [3.8, 4) is 5.75 Å². The van der Waals surface area contributed by atoms with Crippen LogP contribution in [-0.4, -0.2) is 5.11 Å². The predicted molar refractivity (Wildman–Crippen MR) is 54.5 cm³/mol. The van der Waals surface area contributed by atoms with Crippen LogP contribution in [0.2, 0.25) is 0 Å². The maximum Gasteiger partial charge on any atom is 0.139 e. The lowest BCUT2D eigenvalue weighted by molar-refractivity contribution is 0.475. The standard InChI is InChI=1S/C10H16N2O/c1-3-8(11)7-4-6(2)10(12)9(13)5-7/h4-5,8,13H,3,11-12H2,1-2H3/t8-/m1/s1. The van der Waals surface area contributed by atoms with Gasteiger partial charge in [-0.05, 0) is 30.5 Å². The number of aromatic hydroxyl groups is 1. The highest BCUT2D eigenvalue weighted by Crippen LogP contribution is 2.28. The summed E-state index contributed by atoms with van der Waals surface area (Å²) in [5, 5.41) is 9.44. The first-order chi connectivity index (χ1) is 6.06. The van der Waals surface area contributed by atoms with E-state index in [1.165, 1.54) is 0 Å². The van der Waals surface area contributed by atoms with Crippen LogP contribution in [0.3, 0.4) is 0 Å². The van der Waals surface area contributed by atoms with Gasteiger partial charge in [0.25, 0.3) is 0 Å². The Kier molecular flexibility index (Phi) is 2.78. The van der Waals surface area contributed by atoms with E-state index in [0.29, 0.717) is 5.69 Å². The quantitative estimate of drug-likeness (QED) is 0.479. The number of nitrogens with two attached hydrogens (primary N) is 2. The fourth-order valence-electron chi connectivity index (χ4n) is 1.26. The van der Waals surface area contributed by atoms with E-state index < -0.39 is 0 Å². The maximum atomic E-state index is 9.44. The predicted octanol–water partition coefficient (Wildman–Crippen LogP) is 1.69. The van der Waals surface area contributed by atoms with Gasteiger partial charge in [-0.1, -0.05) is 13.0 Å². The van der Waals surface area contributed by atoms with Gasteiger partial charge < -0.3 is 16.6 Å². The van der Waals surface area contributed by atoms with Gasteiger partial charge in [0.2, 0.25) is 0 Å². The number of aryl methyl sites for hydroxylation is 1. The zero-order valence-electron chi connectivity index (χ0n) is 8.04. The second-order valence-corrected chi connectivity index (χ2v) is 3.29. The molecule has 0 aliphatic rings. The first-order valence-electron chi connectivity index (χ1n) is 4.40. The van der Waals surface area contributed by atoms with Crippen LogP contribution in [0.25, 0.3) is 0 Å². The molecule has 0 unspecified atom stereocenters. The van der Waals surface area contributed by atoms with Gasteiger partial charge in [0.05, 0.1) is 5.69 Å². The Morgan fingerprint density at radius 1 is 1.46 bits per heavy atom. The largest absolute Gasteiger partial charge is 0.506 e. The van der Waals surface area contributed by atoms with E-state index in [1.54, 1.807) is 6.07 Å². The van der Waals surface area contributed by atoms with Gasteiger partial charge in [-0.25, -0.2) is 0 Å². The Labute approximate surface area is 78.4 Å². The molecule has 0 aromatic heterocycles. The minimum absolute atomic E-state index is 0.0230. The van der Waals surface area contributed by atoms with Gasteiger partial charge >= 0.3 is 0 Å². The summed E-state index contributed by atoms with van der Waals surface area (Å²) in [6.07, 6.45) is 0.850. The first kappa shape index (κ1) is 9.86. The molecule has 1 atom stereocenters. The third-order valence-electron chi connectivity index (χ3n) is 2.26. The summed E-state index contributed by atoms with van der Waals surface area (Å²) in [5.74, 6) is 0.124.